The Hall–Kier alpha value is -2.71. The van der Waals surface area contributed by atoms with E-state index in [2.05, 4.69) is 38.3 Å². The van der Waals surface area contributed by atoms with Crippen molar-refractivity contribution in [2.75, 3.05) is 6.61 Å². The van der Waals surface area contributed by atoms with Gasteiger partial charge in [0.2, 0.25) is 5.16 Å². The summed E-state index contributed by atoms with van der Waals surface area (Å²) in [6, 6.07) is 16.4. The molecule has 7 nitrogen and oxygen atoms in total. The van der Waals surface area contributed by atoms with E-state index in [1.54, 1.807) is 11.8 Å². The molecule has 28 heavy (non-hydrogen) atoms. The summed E-state index contributed by atoms with van der Waals surface area (Å²) in [6.45, 7) is 1.53. The van der Waals surface area contributed by atoms with Gasteiger partial charge >= 0.3 is 0 Å². The van der Waals surface area contributed by atoms with Crippen LogP contribution in [-0.2, 0) is 17.0 Å². The molecular formula is C20H20N6OS. The van der Waals surface area contributed by atoms with Crippen molar-refractivity contribution in [1.29, 1.82) is 0 Å². The Balaban J connectivity index is 1.43. The molecule has 0 saturated carbocycles. The molecule has 8 heteroatoms. The average Bonchev–Trinajstić information content (AvgIpc) is 3.48. The smallest absolute Gasteiger partial charge is 0.209 e. The van der Waals surface area contributed by atoms with Crippen molar-refractivity contribution in [3.63, 3.8) is 0 Å². The molecule has 1 aliphatic heterocycles. The second kappa shape index (κ2) is 7.73. The second-order valence-corrected chi connectivity index (χ2v) is 7.71. The van der Waals surface area contributed by atoms with Gasteiger partial charge in [-0.25, -0.2) is 9.67 Å². The quantitative estimate of drug-likeness (QED) is 0.468. The molecule has 3 aromatic heterocycles. The molecule has 0 radical (unpaired) electrons. The van der Waals surface area contributed by atoms with Gasteiger partial charge in [-0.15, -0.1) is 5.10 Å². The first-order valence-corrected chi connectivity index (χ1v) is 10.4. The van der Waals surface area contributed by atoms with Gasteiger partial charge in [0.25, 0.3) is 0 Å². The van der Waals surface area contributed by atoms with E-state index < -0.39 is 0 Å². The maximum atomic E-state index is 5.73. The standard InChI is InChI=1S/C20H20N6OS/c1-2-7-15(8-3-1)19-17(25-11-5-4-10-18(25)21-19)14-28-20-22-23-24-26(20)13-16-9-6-12-27-16/h1-5,7-8,10-11,16H,6,9,12-14H2/t16-/m0/s1. The van der Waals surface area contributed by atoms with Gasteiger partial charge < -0.3 is 9.14 Å². The van der Waals surface area contributed by atoms with Crippen LogP contribution >= 0.6 is 11.8 Å². The number of hydrogen-bond acceptors (Lipinski definition) is 6. The number of rotatable bonds is 6. The third kappa shape index (κ3) is 3.41. The molecule has 0 unspecified atom stereocenters. The fourth-order valence-electron chi connectivity index (χ4n) is 3.54. The van der Waals surface area contributed by atoms with Crippen molar-refractivity contribution in [1.82, 2.24) is 29.6 Å². The first-order chi connectivity index (χ1) is 13.9. The average molecular weight is 392 g/mol. The van der Waals surface area contributed by atoms with Crippen molar-refractivity contribution < 1.29 is 4.74 Å². The zero-order valence-electron chi connectivity index (χ0n) is 15.3. The van der Waals surface area contributed by atoms with Gasteiger partial charge in [-0.3, -0.25) is 0 Å². The van der Waals surface area contributed by atoms with Gasteiger partial charge in [0, 0.05) is 24.1 Å². The Labute approximate surface area is 166 Å². The zero-order valence-corrected chi connectivity index (χ0v) is 16.1. The Bertz CT molecular complexity index is 1070. The van der Waals surface area contributed by atoms with Crippen LogP contribution in [0.3, 0.4) is 0 Å². The molecule has 1 saturated heterocycles. The lowest BCUT2D eigenvalue weighted by Gasteiger charge is -2.10. The molecule has 1 aliphatic rings. The lowest BCUT2D eigenvalue weighted by molar-refractivity contribution is 0.0912. The van der Waals surface area contributed by atoms with Crippen molar-refractivity contribution in [3.8, 4) is 11.3 Å². The highest BCUT2D eigenvalue weighted by atomic mass is 32.2. The minimum absolute atomic E-state index is 0.207. The van der Waals surface area contributed by atoms with Gasteiger partial charge in [-0.05, 0) is 35.4 Å². The fourth-order valence-corrected chi connectivity index (χ4v) is 4.44. The van der Waals surface area contributed by atoms with Crippen molar-refractivity contribution >= 4 is 17.4 Å². The normalized spacial score (nSPS) is 16.8. The predicted octanol–water partition coefficient (Wildman–Crippen LogP) is 3.46. The first-order valence-electron chi connectivity index (χ1n) is 9.40. The van der Waals surface area contributed by atoms with Crippen LogP contribution in [0.2, 0.25) is 0 Å². The molecule has 0 aliphatic carbocycles. The molecule has 0 spiro atoms. The van der Waals surface area contributed by atoms with Gasteiger partial charge in [-0.2, -0.15) is 0 Å². The minimum atomic E-state index is 0.207. The lowest BCUT2D eigenvalue weighted by atomic mass is 10.1. The molecule has 142 valence electrons. The number of benzene rings is 1. The van der Waals surface area contributed by atoms with E-state index in [9.17, 15) is 0 Å². The van der Waals surface area contributed by atoms with Crippen molar-refractivity contribution in [2.24, 2.45) is 0 Å². The highest BCUT2D eigenvalue weighted by Crippen LogP contribution is 2.30. The predicted molar refractivity (Wildman–Crippen MR) is 107 cm³/mol. The summed E-state index contributed by atoms with van der Waals surface area (Å²) in [7, 11) is 0. The van der Waals surface area contributed by atoms with Gasteiger partial charge in [0.15, 0.2) is 0 Å². The Morgan fingerprint density at radius 2 is 2.00 bits per heavy atom. The Kier molecular flexibility index (Phi) is 4.80. The molecule has 1 fully saturated rings. The maximum Gasteiger partial charge on any atom is 0.209 e. The van der Waals surface area contributed by atoms with Crippen LogP contribution in [0, 0.1) is 0 Å². The molecule has 0 N–H and O–H groups in total. The van der Waals surface area contributed by atoms with Crippen LogP contribution < -0.4 is 0 Å². The largest absolute Gasteiger partial charge is 0.376 e. The summed E-state index contributed by atoms with van der Waals surface area (Å²) in [5, 5.41) is 13.1. The highest BCUT2D eigenvalue weighted by Gasteiger charge is 2.20. The molecule has 4 heterocycles. The third-order valence-corrected chi connectivity index (χ3v) is 5.88. The van der Waals surface area contributed by atoms with Gasteiger partial charge in [-0.1, -0.05) is 48.2 Å². The molecule has 4 aromatic rings. The second-order valence-electron chi connectivity index (χ2n) is 6.77. The van der Waals surface area contributed by atoms with Crippen molar-refractivity contribution in [2.45, 2.75) is 36.4 Å². The molecule has 5 rings (SSSR count). The summed E-state index contributed by atoms with van der Waals surface area (Å²) in [4.78, 5) is 4.86. The summed E-state index contributed by atoms with van der Waals surface area (Å²) in [5.41, 5.74) is 4.19. The Morgan fingerprint density at radius 1 is 1.11 bits per heavy atom. The van der Waals surface area contributed by atoms with E-state index in [4.69, 9.17) is 9.72 Å². The minimum Gasteiger partial charge on any atom is -0.376 e. The van der Waals surface area contributed by atoms with Gasteiger partial charge in [0.05, 0.1) is 24.0 Å². The van der Waals surface area contributed by atoms with Crippen LogP contribution in [0.25, 0.3) is 16.9 Å². The molecular weight excluding hydrogens is 372 g/mol. The number of ether oxygens (including phenoxy) is 1. The Morgan fingerprint density at radius 3 is 2.86 bits per heavy atom. The number of nitrogens with zero attached hydrogens (tertiary/aromatic N) is 6. The van der Waals surface area contributed by atoms with Crippen LogP contribution in [0.4, 0.5) is 0 Å². The van der Waals surface area contributed by atoms with Crippen LogP contribution in [0.1, 0.15) is 18.5 Å². The molecule has 0 bridgehead atoms. The maximum absolute atomic E-state index is 5.73. The number of imidazole rings is 1. The zero-order chi connectivity index (χ0) is 18.8. The first kappa shape index (κ1) is 17.4. The lowest BCUT2D eigenvalue weighted by Crippen LogP contribution is -2.16. The summed E-state index contributed by atoms with van der Waals surface area (Å²) in [6.07, 6.45) is 4.44. The van der Waals surface area contributed by atoms with Crippen LogP contribution in [0.5, 0.6) is 0 Å². The van der Waals surface area contributed by atoms with E-state index in [1.165, 1.54) is 0 Å². The van der Waals surface area contributed by atoms with E-state index in [1.807, 2.05) is 41.1 Å². The van der Waals surface area contributed by atoms with E-state index in [0.29, 0.717) is 6.54 Å². The molecule has 0 amide bonds. The van der Waals surface area contributed by atoms with Crippen LogP contribution in [-0.4, -0.2) is 42.3 Å². The topological polar surface area (TPSA) is 70.1 Å². The number of hydrogen-bond donors (Lipinski definition) is 0. The summed E-state index contributed by atoms with van der Waals surface area (Å²) >= 11 is 1.63. The third-order valence-electron chi connectivity index (χ3n) is 4.91. The van der Waals surface area contributed by atoms with E-state index in [-0.39, 0.29) is 6.10 Å². The fraction of sp³-hybridized carbons (Fsp3) is 0.300. The monoisotopic (exact) mass is 392 g/mol. The summed E-state index contributed by atoms with van der Waals surface area (Å²) in [5.74, 6) is 0.724. The number of pyridine rings is 1. The number of tetrazole rings is 1. The van der Waals surface area contributed by atoms with Crippen molar-refractivity contribution in [3.05, 3.63) is 60.4 Å². The van der Waals surface area contributed by atoms with Gasteiger partial charge in [0.1, 0.15) is 5.65 Å². The number of fused-ring (bicyclic) bond motifs is 1. The summed E-state index contributed by atoms with van der Waals surface area (Å²) < 4.78 is 9.72. The molecule has 1 aromatic carbocycles. The SMILES string of the molecule is c1ccc(-c2nc3ccccn3c2CSc2nnnn2C[C@@H]2CCCO2)cc1. The molecule has 1 atom stereocenters. The highest BCUT2D eigenvalue weighted by molar-refractivity contribution is 7.98. The number of aromatic nitrogens is 6. The van der Waals surface area contributed by atoms with E-state index >= 15 is 0 Å². The van der Waals surface area contributed by atoms with Crippen LogP contribution in [0.15, 0.2) is 59.9 Å². The number of thioether (sulfide) groups is 1. The van der Waals surface area contributed by atoms with E-state index in [0.717, 1.165) is 53.0 Å².